The van der Waals surface area contributed by atoms with Crippen LogP contribution in [0.25, 0.3) is 10.9 Å². The Morgan fingerprint density at radius 3 is 2.50 bits per heavy atom. The molecule has 2 heterocycles. The number of benzene rings is 2. The van der Waals surface area contributed by atoms with Gasteiger partial charge in [0.05, 0.1) is 12.6 Å². The Hall–Kier alpha value is -3.32. The van der Waals surface area contributed by atoms with E-state index in [9.17, 15) is 9.59 Å². The summed E-state index contributed by atoms with van der Waals surface area (Å²) in [5.41, 5.74) is 3.90. The van der Waals surface area contributed by atoms with Crippen LogP contribution in [0, 0.1) is 5.92 Å². The normalized spacial score (nSPS) is 16.4. The zero-order valence-corrected chi connectivity index (χ0v) is 23.3. The summed E-state index contributed by atoms with van der Waals surface area (Å²) in [6.07, 6.45) is 1.36. The number of carbonyl (C=O) groups is 2. The van der Waals surface area contributed by atoms with Crippen molar-refractivity contribution in [3.63, 3.8) is 0 Å². The smallest absolute Gasteiger partial charge is 0.408 e. The molecule has 0 spiro atoms. The monoisotopic (exact) mass is 519 g/mol. The number of carbonyl (C=O) groups excluding carboxylic acids is 2. The highest BCUT2D eigenvalue weighted by atomic mass is 16.6. The number of nitrogens with zero attached hydrogens (tertiary/aromatic N) is 1. The minimum Gasteiger partial charge on any atom is -0.444 e. The van der Waals surface area contributed by atoms with E-state index in [4.69, 9.17) is 9.47 Å². The van der Waals surface area contributed by atoms with E-state index in [1.54, 1.807) is 0 Å². The first-order chi connectivity index (χ1) is 18.1. The zero-order valence-electron chi connectivity index (χ0n) is 23.3. The van der Waals surface area contributed by atoms with Crippen molar-refractivity contribution < 1.29 is 19.1 Å². The predicted octanol–water partition coefficient (Wildman–Crippen LogP) is 6.14. The van der Waals surface area contributed by atoms with Crippen molar-refractivity contribution in [3.8, 4) is 0 Å². The fourth-order valence-corrected chi connectivity index (χ4v) is 5.15. The second-order valence-corrected chi connectivity index (χ2v) is 11.5. The van der Waals surface area contributed by atoms with Crippen molar-refractivity contribution in [1.29, 1.82) is 0 Å². The molecule has 7 heteroatoms. The third-order valence-corrected chi connectivity index (χ3v) is 6.79. The van der Waals surface area contributed by atoms with Gasteiger partial charge >= 0.3 is 6.09 Å². The molecule has 0 saturated heterocycles. The van der Waals surface area contributed by atoms with Gasteiger partial charge in [0.15, 0.2) is 0 Å². The number of aromatic amines is 1. The number of fused-ring (bicyclic) bond motifs is 3. The lowest BCUT2D eigenvalue weighted by Gasteiger charge is -2.39. The lowest BCUT2D eigenvalue weighted by Crippen LogP contribution is -2.52. The Balaban J connectivity index is 1.54. The number of rotatable bonds is 9. The van der Waals surface area contributed by atoms with Crippen LogP contribution in [0.2, 0.25) is 0 Å². The first-order valence-electron chi connectivity index (χ1n) is 13.6. The summed E-state index contributed by atoms with van der Waals surface area (Å²) >= 11 is 0. The van der Waals surface area contributed by atoms with Crippen LogP contribution >= 0.6 is 0 Å². The average Bonchev–Trinajstić information content (AvgIpc) is 3.24. The molecule has 1 aliphatic heterocycles. The highest BCUT2D eigenvalue weighted by molar-refractivity contribution is 5.88. The summed E-state index contributed by atoms with van der Waals surface area (Å²) in [5, 5.41) is 4.07. The van der Waals surface area contributed by atoms with Crippen LogP contribution in [0.4, 0.5) is 4.79 Å². The lowest BCUT2D eigenvalue weighted by atomic mass is 9.91. The second-order valence-electron chi connectivity index (χ2n) is 11.5. The molecule has 0 aliphatic carbocycles. The molecule has 1 aromatic heterocycles. The number of hydrogen-bond acceptors (Lipinski definition) is 4. The average molecular weight is 520 g/mol. The van der Waals surface area contributed by atoms with Crippen LogP contribution in [-0.4, -0.2) is 46.7 Å². The van der Waals surface area contributed by atoms with Crippen LogP contribution in [0.5, 0.6) is 0 Å². The third-order valence-electron chi connectivity index (χ3n) is 6.79. The largest absolute Gasteiger partial charge is 0.444 e. The topological polar surface area (TPSA) is 83.7 Å². The van der Waals surface area contributed by atoms with Gasteiger partial charge in [-0.3, -0.25) is 4.79 Å². The maximum absolute atomic E-state index is 14.1. The van der Waals surface area contributed by atoms with E-state index >= 15 is 0 Å². The molecular formula is C31H41N3O4. The Labute approximate surface area is 225 Å². The fraction of sp³-hybridized carbons (Fsp3) is 0.484. The summed E-state index contributed by atoms with van der Waals surface area (Å²) < 4.78 is 11.4. The molecule has 1 unspecified atom stereocenters. The molecule has 3 aromatic rings. The molecule has 2 atom stereocenters. The minimum absolute atomic E-state index is 0.0909. The minimum atomic E-state index is -0.749. The molecule has 1 aliphatic rings. The predicted molar refractivity (Wildman–Crippen MR) is 150 cm³/mol. The van der Waals surface area contributed by atoms with Crippen molar-refractivity contribution in [2.24, 2.45) is 5.92 Å². The van der Waals surface area contributed by atoms with Crippen molar-refractivity contribution >= 4 is 22.9 Å². The second kappa shape index (κ2) is 12.0. The molecule has 0 radical (unpaired) electrons. The molecule has 0 saturated carbocycles. The maximum atomic E-state index is 14.1. The standard InChI is InChI=1S/C31H41N3O4/c1-21(2)19-27-28-24(23-13-9-10-14-25(23)32-28)15-17-34(27)29(35)26(33-30(36)38-31(3,4)5)16-18-37-20-22-11-7-6-8-12-22/h6-14,21,26-27,32H,15-20H2,1-5H3,(H,33,36)/t26-,27?/m1/s1. The SMILES string of the molecule is CC(C)CC1c2[nH]c3ccccc3c2CCN1C(=O)[C@@H](CCOCc1ccccc1)NC(=O)OC(C)(C)C. The lowest BCUT2D eigenvalue weighted by molar-refractivity contribution is -0.137. The summed E-state index contributed by atoms with van der Waals surface area (Å²) in [6.45, 7) is 11.2. The van der Waals surface area contributed by atoms with Crippen LogP contribution < -0.4 is 5.32 Å². The maximum Gasteiger partial charge on any atom is 0.408 e. The van der Waals surface area contributed by atoms with E-state index in [0.717, 1.165) is 29.6 Å². The van der Waals surface area contributed by atoms with Crippen LogP contribution in [0.1, 0.15) is 70.3 Å². The van der Waals surface area contributed by atoms with E-state index in [2.05, 4.69) is 42.3 Å². The first-order valence-corrected chi connectivity index (χ1v) is 13.6. The van der Waals surface area contributed by atoms with Gasteiger partial charge in [0.2, 0.25) is 5.91 Å². The summed E-state index contributed by atoms with van der Waals surface area (Å²) in [7, 11) is 0. The number of aromatic nitrogens is 1. The third kappa shape index (κ3) is 6.95. The van der Waals surface area contributed by atoms with Gasteiger partial charge in [-0.05, 0) is 56.7 Å². The molecular weight excluding hydrogens is 478 g/mol. The summed E-state index contributed by atoms with van der Waals surface area (Å²) in [5.74, 6) is 0.285. The first kappa shape index (κ1) is 27.7. The highest BCUT2D eigenvalue weighted by Gasteiger charge is 2.37. The van der Waals surface area contributed by atoms with Gasteiger partial charge in [-0.1, -0.05) is 62.4 Å². The molecule has 2 amide bonds. The van der Waals surface area contributed by atoms with Crippen LogP contribution in [0.3, 0.4) is 0 Å². The molecule has 204 valence electrons. The van der Waals surface area contributed by atoms with E-state index < -0.39 is 17.7 Å². The Morgan fingerprint density at radius 2 is 1.79 bits per heavy atom. The van der Waals surface area contributed by atoms with Crippen molar-refractivity contribution in [3.05, 3.63) is 71.4 Å². The number of H-pyrrole nitrogens is 1. The van der Waals surface area contributed by atoms with Crippen LogP contribution in [0.15, 0.2) is 54.6 Å². The van der Waals surface area contributed by atoms with Gasteiger partial charge in [0.1, 0.15) is 11.6 Å². The van der Waals surface area contributed by atoms with Crippen molar-refractivity contribution in [2.45, 2.75) is 78.2 Å². The van der Waals surface area contributed by atoms with Crippen molar-refractivity contribution in [2.75, 3.05) is 13.2 Å². The Kier molecular flexibility index (Phi) is 8.77. The molecule has 38 heavy (non-hydrogen) atoms. The molecule has 2 aromatic carbocycles. The van der Waals surface area contributed by atoms with E-state index in [-0.39, 0.29) is 11.9 Å². The number of alkyl carbamates (subject to hydrolysis) is 1. The molecule has 0 fully saturated rings. The number of nitrogens with one attached hydrogen (secondary N) is 2. The molecule has 7 nitrogen and oxygen atoms in total. The van der Waals surface area contributed by atoms with Gasteiger partial charge in [-0.25, -0.2) is 4.79 Å². The van der Waals surface area contributed by atoms with Gasteiger partial charge < -0.3 is 24.7 Å². The van der Waals surface area contributed by atoms with Crippen LogP contribution in [-0.2, 0) is 27.3 Å². The highest BCUT2D eigenvalue weighted by Crippen LogP contribution is 2.38. The van der Waals surface area contributed by atoms with Crippen molar-refractivity contribution in [1.82, 2.24) is 15.2 Å². The summed E-state index contributed by atoms with van der Waals surface area (Å²) in [4.78, 5) is 32.3. The molecule has 0 bridgehead atoms. The quantitative estimate of drug-likeness (QED) is 0.333. The fourth-order valence-electron chi connectivity index (χ4n) is 5.15. The Bertz CT molecular complexity index is 1230. The Morgan fingerprint density at radius 1 is 1.08 bits per heavy atom. The summed E-state index contributed by atoms with van der Waals surface area (Å²) in [6, 6.07) is 17.4. The van der Waals surface area contributed by atoms with Gasteiger partial charge in [-0.2, -0.15) is 0 Å². The van der Waals surface area contributed by atoms with E-state index in [0.29, 0.717) is 32.1 Å². The van der Waals surface area contributed by atoms with E-state index in [1.807, 2.05) is 62.1 Å². The zero-order chi connectivity index (χ0) is 27.3. The van der Waals surface area contributed by atoms with E-state index in [1.165, 1.54) is 10.9 Å². The number of amides is 2. The number of hydrogen-bond donors (Lipinski definition) is 2. The molecule has 4 rings (SSSR count). The van der Waals surface area contributed by atoms with Gasteiger partial charge in [0.25, 0.3) is 0 Å². The number of para-hydroxylation sites is 1. The van der Waals surface area contributed by atoms with Gasteiger partial charge in [-0.15, -0.1) is 0 Å². The molecule has 2 N–H and O–H groups in total. The van der Waals surface area contributed by atoms with Gasteiger partial charge in [0, 0.05) is 36.2 Å². The number of ether oxygens (including phenoxy) is 2.